The first kappa shape index (κ1) is 15.3. The predicted molar refractivity (Wildman–Crippen MR) is 82.0 cm³/mol. The largest absolute Gasteiger partial charge is 0.459 e. The Bertz CT molecular complexity index is 585. The molecule has 0 aliphatic carbocycles. The Balaban J connectivity index is 2.13. The summed E-state index contributed by atoms with van der Waals surface area (Å²) in [5.41, 5.74) is 0.817. The summed E-state index contributed by atoms with van der Waals surface area (Å²) in [5.74, 6) is -0.0325. The van der Waals surface area contributed by atoms with Gasteiger partial charge in [-0.3, -0.25) is 4.79 Å². The van der Waals surface area contributed by atoms with Crippen LogP contribution in [0.3, 0.4) is 0 Å². The molecule has 2 aromatic rings. The molecular weight excluding hydrogens is 266 g/mol. The van der Waals surface area contributed by atoms with E-state index in [9.17, 15) is 9.90 Å². The van der Waals surface area contributed by atoms with Gasteiger partial charge in [-0.25, -0.2) is 0 Å². The highest BCUT2D eigenvalue weighted by atomic mass is 16.3. The minimum atomic E-state index is -0.866. The Morgan fingerprint density at radius 2 is 1.86 bits per heavy atom. The van der Waals surface area contributed by atoms with Crippen LogP contribution in [0.5, 0.6) is 0 Å². The molecule has 0 spiro atoms. The molecule has 0 atom stereocenters. The number of benzene rings is 1. The normalized spacial score (nSPS) is 11.4. The number of hydrogen-bond acceptors (Lipinski definition) is 3. The Hall–Kier alpha value is -2.07. The fourth-order valence-electron chi connectivity index (χ4n) is 2.16. The van der Waals surface area contributed by atoms with Crippen LogP contribution in [-0.2, 0) is 0 Å². The molecule has 0 unspecified atom stereocenters. The Labute approximate surface area is 124 Å². The number of hydrogen-bond donors (Lipinski definition) is 2. The molecule has 1 amide bonds. The van der Waals surface area contributed by atoms with Crippen LogP contribution in [0, 0.1) is 0 Å². The fourth-order valence-corrected chi connectivity index (χ4v) is 2.16. The van der Waals surface area contributed by atoms with E-state index in [1.165, 1.54) is 6.26 Å². The van der Waals surface area contributed by atoms with Crippen molar-refractivity contribution in [3.63, 3.8) is 0 Å². The summed E-state index contributed by atoms with van der Waals surface area (Å²) in [6.07, 6.45) is 2.68. The number of aliphatic hydroxyl groups is 1. The van der Waals surface area contributed by atoms with Crippen LogP contribution in [0.25, 0.3) is 11.1 Å². The molecule has 0 saturated heterocycles. The van der Waals surface area contributed by atoms with E-state index >= 15 is 0 Å². The van der Waals surface area contributed by atoms with Crippen molar-refractivity contribution in [1.29, 1.82) is 0 Å². The lowest BCUT2D eigenvalue weighted by Gasteiger charge is -2.25. The number of carbonyl (C=O) groups excluding carboxylic acids is 1. The van der Waals surface area contributed by atoms with Crippen molar-refractivity contribution in [2.24, 2.45) is 0 Å². The van der Waals surface area contributed by atoms with Crippen molar-refractivity contribution in [2.45, 2.75) is 32.3 Å². The third kappa shape index (κ3) is 3.52. The van der Waals surface area contributed by atoms with Gasteiger partial charge < -0.3 is 14.8 Å². The first-order chi connectivity index (χ1) is 10.1. The van der Waals surface area contributed by atoms with Crippen LogP contribution in [0.1, 0.15) is 37.2 Å². The smallest absolute Gasteiger partial charge is 0.287 e. The molecule has 4 nitrogen and oxygen atoms in total. The maximum absolute atomic E-state index is 12.3. The van der Waals surface area contributed by atoms with Crippen LogP contribution in [-0.4, -0.2) is 23.2 Å². The van der Waals surface area contributed by atoms with E-state index in [-0.39, 0.29) is 18.2 Å². The summed E-state index contributed by atoms with van der Waals surface area (Å²) >= 11 is 0. The molecule has 1 heterocycles. The number of nitrogens with one attached hydrogen (secondary N) is 1. The summed E-state index contributed by atoms with van der Waals surface area (Å²) in [6, 6.07) is 11.4. The quantitative estimate of drug-likeness (QED) is 0.857. The SMILES string of the molecule is CCC(O)(CC)CNC(=O)c1occc1-c1ccccc1. The summed E-state index contributed by atoms with van der Waals surface area (Å²) in [5, 5.41) is 13.0. The van der Waals surface area contributed by atoms with Crippen LogP contribution in [0.4, 0.5) is 0 Å². The zero-order valence-corrected chi connectivity index (χ0v) is 12.4. The van der Waals surface area contributed by atoms with E-state index in [0.29, 0.717) is 12.8 Å². The molecule has 4 heteroatoms. The molecule has 1 aromatic carbocycles. The monoisotopic (exact) mass is 287 g/mol. The maximum atomic E-state index is 12.3. The summed E-state index contributed by atoms with van der Waals surface area (Å²) < 4.78 is 5.32. The summed E-state index contributed by atoms with van der Waals surface area (Å²) in [4.78, 5) is 12.3. The van der Waals surface area contributed by atoms with Gasteiger partial charge in [0.05, 0.1) is 11.9 Å². The number of carbonyl (C=O) groups is 1. The molecular formula is C17H21NO3. The molecule has 0 aliphatic heterocycles. The van der Waals surface area contributed by atoms with Crippen molar-refractivity contribution in [1.82, 2.24) is 5.32 Å². The lowest BCUT2D eigenvalue weighted by molar-refractivity contribution is 0.0310. The lowest BCUT2D eigenvalue weighted by Crippen LogP contribution is -2.42. The van der Waals surface area contributed by atoms with Gasteiger partial charge in [0.2, 0.25) is 0 Å². The zero-order valence-electron chi connectivity index (χ0n) is 12.4. The van der Waals surface area contributed by atoms with Gasteiger partial charge in [-0.15, -0.1) is 0 Å². The molecule has 21 heavy (non-hydrogen) atoms. The highest BCUT2D eigenvalue weighted by Gasteiger charge is 2.24. The minimum absolute atomic E-state index is 0.216. The van der Waals surface area contributed by atoms with Crippen LogP contribution >= 0.6 is 0 Å². The molecule has 1 aromatic heterocycles. The summed E-state index contributed by atoms with van der Waals surface area (Å²) in [7, 11) is 0. The maximum Gasteiger partial charge on any atom is 0.287 e. The van der Waals surface area contributed by atoms with Gasteiger partial charge in [-0.1, -0.05) is 44.2 Å². The number of furan rings is 1. The molecule has 0 saturated carbocycles. The lowest BCUT2D eigenvalue weighted by atomic mass is 9.97. The van der Waals surface area contributed by atoms with Gasteiger partial charge in [0, 0.05) is 12.1 Å². The molecule has 2 N–H and O–H groups in total. The van der Waals surface area contributed by atoms with E-state index in [0.717, 1.165) is 11.1 Å². The van der Waals surface area contributed by atoms with Crippen LogP contribution in [0.15, 0.2) is 47.1 Å². The third-order valence-corrected chi connectivity index (χ3v) is 3.85. The van der Waals surface area contributed by atoms with Crippen molar-refractivity contribution < 1.29 is 14.3 Å². The Kier molecular flexibility index (Phi) is 4.81. The van der Waals surface area contributed by atoms with E-state index in [1.807, 2.05) is 44.2 Å². The minimum Gasteiger partial charge on any atom is -0.459 e. The standard InChI is InChI=1S/C17H21NO3/c1-3-17(20,4-2)12-18-16(19)15-14(10-11-21-15)13-8-6-5-7-9-13/h5-11,20H,3-4,12H2,1-2H3,(H,18,19). The van der Waals surface area contributed by atoms with Crippen molar-refractivity contribution in [3.05, 3.63) is 48.4 Å². The van der Waals surface area contributed by atoms with Crippen LogP contribution < -0.4 is 5.32 Å². The highest BCUT2D eigenvalue weighted by molar-refractivity contribution is 5.98. The zero-order chi connectivity index (χ0) is 15.3. The Morgan fingerprint density at radius 3 is 2.48 bits per heavy atom. The number of rotatable bonds is 6. The molecule has 0 radical (unpaired) electrons. The van der Waals surface area contributed by atoms with Crippen LogP contribution in [0.2, 0.25) is 0 Å². The molecule has 0 fully saturated rings. The Morgan fingerprint density at radius 1 is 1.19 bits per heavy atom. The van der Waals surface area contributed by atoms with Crippen molar-refractivity contribution in [3.8, 4) is 11.1 Å². The molecule has 112 valence electrons. The number of amides is 1. The van der Waals surface area contributed by atoms with Gasteiger partial charge in [-0.2, -0.15) is 0 Å². The van der Waals surface area contributed by atoms with E-state index in [1.54, 1.807) is 6.07 Å². The second kappa shape index (κ2) is 6.59. The third-order valence-electron chi connectivity index (χ3n) is 3.85. The van der Waals surface area contributed by atoms with Crippen molar-refractivity contribution in [2.75, 3.05) is 6.54 Å². The van der Waals surface area contributed by atoms with E-state index in [4.69, 9.17) is 4.42 Å². The van der Waals surface area contributed by atoms with Gasteiger partial charge >= 0.3 is 0 Å². The second-order valence-corrected chi connectivity index (χ2v) is 5.14. The highest BCUT2D eigenvalue weighted by Crippen LogP contribution is 2.24. The fraction of sp³-hybridized carbons (Fsp3) is 0.353. The average Bonchev–Trinajstić information content (AvgIpc) is 3.03. The average molecular weight is 287 g/mol. The van der Waals surface area contributed by atoms with Crippen molar-refractivity contribution >= 4 is 5.91 Å². The summed E-state index contributed by atoms with van der Waals surface area (Å²) in [6.45, 7) is 4.02. The molecule has 0 aliphatic rings. The predicted octanol–water partition coefficient (Wildman–Crippen LogP) is 3.23. The van der Waals surface area contributed by atoms with Gasteiger partial charge in [0.25, 0.3) is 5.91 Å². The van der Waals surface area contributed by atoms with E-state index in [2.05, 4.69) is 5.32 Å². The van der Waals surface area contributed by atoms with Gasteiger partial charge in [0.1, 0.15) is 0 Å². The first-order valence-corrected chi connectivity index (χ1v) is 7.23. The molecule has 0 bridgehead atoms. The first-order valence-electron chi connectivity index (χ1n) is 7.23. The topological polar surface area (TPSA) is 62.5 Å². The van der Waals surface area contributed by atoms with Gasteiger partial charge in [-0.05, 0) is 24.5 Å². The van der Waals surface area contributed by atoms with Gasteiger partial charge in [0.15, 0.2) is 5.76 Å². The second-order valence-electron chi connectivity index (χ2n) is 5.14. The van der Waals surface area contributed by atoms with E-state index < -0.39 is 5.60 Å². The molecule has 2 rings (SSSR count).